The fourth-order valence-electron chi connectivity index (χ4n) is 3.21. The van der Waals surface area contributed by atoms with Crippen LogP contribution in [0, 0.1) is 0 Å². The molecule has 1 aliphatic heterocycles. The van der Waals surface area contributed by atoms with Crippen LogP contribution in [0.3, 0.4) is 0 Å². The number of nitrogens with zero attached hydrogens (tertiary/aromatic N) is 3. The van der Waals surface area contributed by atoms with E-state index >= 15 is 0 Å². The van der Waals surface area contributed by atoms with Crippen LogP contribution in [0.1, 0.15) is 39.2 Å². The van der Waals surface area contributed by atoms with Crippen molar-refractivity contribution in [1.82, 2.24) is 14.5 Å². The Labute approximate surface area is 159 Å². The molecule has 2 heterocycles. The van der Waals surface area contributed by atoms with Crippen LogP contribution in [-0.4, -0.2) is 51.4 Å². The van der Waals surface area contributed by atoms with Gasteiger partial charge in [-0.05, 0) is 37.5 Å². The quantitative estimate of drug-likeness (QED) is 0.750. The number of imidazole rings is 1. The number of rotatable bonds is 5. The molecular formula is C20H27N3O2S. The molecule has 1 saturated heterocycles. The van der Waals surface area contributed by atoms with Gasteiger partial charge in [-0.1, -0.05) is 37.7 Å². The van der Waals surface area contributed by atoms with Crippen LogP contribution in [0.4, 0.5) is 0 Å². The van der Waals surface area contributed by atoms with Crippen molar-refractivity contribution in [3.8, 4) is 5.69 Å². The lowest BCUT2D eigenvalue weighted by Crippen LogP contribution is -2.48. The average Bonchev–Trinajstić information content (AvgIpc) is 3.07. The molecule has 0 unspecified atom stereocenters. The summed E-state index contributed by atoms with van der Waals surface area (Å²) in [5.74, 6) is 1.04. The second-order valence-electron chi connectivity index (χ2n) is 7.17. The number of morpholine rings is 1. The smallest absolute Gasteiger partial charge is 0.233 e. The van der Waals surface area contributed by atoms with Crippen LogP contribution in [0.15, 0.2) is 41.8 Å². The van der Waals surface area contributed by atoms with E-state index in [2.05, 4.69) is 43.1 Å². The summed E-state index contributed by atoms with van der Waals surface area (Å²) in [4.78, 5) is 18.9. The number of ether oxygens (including phenoxy) is 1. The molecule has 0 radical (unpaired) electrons. The lowest BCUT2D eigenvalue weighted by molar-refractivity contribution is -0.140. The summed E-state index contributed by atoms with van der Waals surface area (Å²) < 4.78 is 7.74. The molecule has 1 fully saturated rings. The van der Waals surface area contributed by atoms with Gasteiger partial charge in [0.05, 0.1) is 18.0 Å². The predicted molar refractivity (Wildman–Crippen MR) is 105 cm³/mol. The summed E-state index contributed by atoms with van der Waals surface area (Å²) in [5, 5.41) is 0.838. The second kappa shape index (κ2) is 8.27. The molecule has 2 atom stereocenters. The number of hydrogen-bond acceptors (Lipinski definition) is 4. The summed E-state index contributed by atoms with van der Waals surface area (Å²) in [6.45, 7) is 9.72. The van der Waals surface area contributed by atoms with E-state index in [1.54, 1.807) is 6.20 Å². The Morgan fingerprint density at radius 1 is 1.23 bits per heavy atom. The first kappa shape index (κ1) is 19.0. The van der Waals surface area contributed by atoms with Crippen molar-refractivity contribution >= 4 is 17.7 Å². The number of benzene rings is 1. The van der Waals surface area contributed by atoms with Crippen LogP contribution < -0.4 is 0 Å². The summed E-state index contributed by atoms with van der Waals surface area (Å²) in [7, 11) is 0. The van der Waals surface area contributed by atoms with Crippen molar-refractivity contribution in [3.05, 3.63) is 42.2 Å². The van der Waals surface area contributed by atoms with Crippen molar-refractivity contribution in [2.24, 2.45) is 0 Å². The van der Waals surface area contributed by atoms with E-state index in [9.17, 15) is 4.79 Å². The maximum atomic E-state index is 12.6. The zero-order chi connectivity index (χ0) is 18.7. The molecule has 1 amide bonds. The minimum Gasteiger partial charge on any atom is -0.372 e. The first-order valence-corrected chi connectivity index (χ1v) is 10.1. The molecule has 3 rings (SSSR count). The van der Waals surface area contributed by atoms with Gasteiger partial charge in [-0.15, -0.1) is 0 Å². The van der Waals surface area contributed by atoms with E-state index in [-0.39, 0.29) is 18.1 Å². The van der Waals surface area contributed by atoms with Crippen LogP contribution in [0.2, 0.25) is 0 Å². The third kappa shape index (κ3) is 4.48. The van der Waals surface area contributed by atoms with E-state index in [1.165, 1.54) is 17.3 Å². The summed E-state index contributed by atoms with van der Waals surface area (Å²) in [5.41, 5.74) is 2.38. The standard InChI is InChI=1S/C20H27N3O2S/c1-14(2)17-5-7-18(8-6-17)23-10-9-21-20(23)26-13-19(24)22-11-15(3)25-16(4)12-22/h5-10,14-16H,11-13H2,1-4H3/t15-,16-/m0/s1. The van der Waals surface area contributed by atoms with Gasteiger partial charge in [-0.2, -0.15) is 0 Å². The van der Waals surface area contributed by atoms with Crippen molar-refractivity contribution in [2.45, 2.75) is 51.0 Å². The molecule has 0 aliphatic carbocycles. The van der Waals surface area contributed by atoms with Crippen molar-refractivity contribution in [1.29, 1.82) is 0 Å². The van der Waals surface area contributed by atoms with Crippen molar-refractivity contribution < 1.29 is 9.53 Å². The summed E-state index contributed by atoms with van der Waals surface area (Å²) >= 11 is 1.48. The van der Waals surface area contributed by atoms with Gasteiger partial charge >= 0.3 is 0 Å². The second-order valence-corrected chi connectivity index (χ2v) is 8.11. The molecule has 26 heavy (non-hydrogen) atoms. The van der Waals surface area contributed by atoms with Crippen LogP contribution in [0.5, 0.6) is 0 Å². The fourth-order valence-corrected chi connectivity index (χ4v) is 4.09. The lowest BCUT2D eigenvalue weighted by Gasteiger charge is -2.35. The maximum absolute atomic E-state index is 12.6. The van der Waals surface area contributed by atoms with Gasteiger partial charge in [0, 0.05) is 31.2 Å². The normalized spacial score (nSPS) is 20.6. The molecule has 0 spiro atoms. The molecule has 1 aliphatic rings. The number of carbonyl (C=O) groups is 1. The fraction of sp³-hybridized carbons (Fsp3) is 0.500. The molecule has 0 saturated carbocycles. The van der Waals surface area contributed by atoms with E-state index < -0.39 is 0 Å². The number of amides is 1. The van der Waals surface area contributed by atoms with Crippen LogP contribution >= 0.6 is 11.8 Å². The molecule has 2 aromatic rings. The molecule has 140 valence electrons. The zero-order valence-corrected chi connectivity index (χ0v) is 16.7. The van der Waals surface area contributed by atoms with E-state index in [0.717, 1.165) is 10.8 Å². The lowest BCUT2D eigenvalue weighted by atomic mass is 10.0. The van der Waals surface area contributed by atoms with Gasteiger partial charge in [-0.25, -0.2) is 4.98 Å². The molecule has 0 N–H and O–H groups in total. The Balaban J connectivity index is 1.64. The third-order valence-corrected chi connectivity index (χ3v) is 5.49. The van der Waals surface area contributed by atoms with Gasteiger partial charge in [0.25, 0.3) is 0 Å². The molecule has 1 aromatic carbocycles. The Kier molecular flexibility index (Phi) is 6.04. The van der Waals surface area contributed by atoms with E-state index in [0.29, 0.717) is 24.8 Å². The Morgan fingerprint density at radius 3 is 2.50 bits per heavy atom. The average molecular weight is 374 g/mol. The molecule has 1 aromatic heterocycles. The number of aromatic nitrogens is 2. The Hall–Kier alpha value is -1.79. The molecule has 0 bridgehead atoms. The number of hydrogen-bond donors (Lipinski definition) is 0. The summed E-state index contributed by atoms with van der Waals surface area (Å²) in [6, 6.07) is 8.51. The first-order valence-electron chi connectivity index (χ1n) is 9.13. The SMILES string of the molecule is CC(C)c1ccc(-n2ccnc2SCC(=O)N2C[C@H](C)O[C@@H](C)C2)cc1. The zero-order valence-electron chi connectivity index (χ0n) is 15.9. The predicted octanol–water partition coefficient (Wildman–Crippen LogP) is 3.72. The van der Waals surface area contributed by atoms with E-state index in [4.69, 9.17) is 4.74 Å². The van der Waals surface area contributed by atoms with Crippen LogP contribution in [0.25, 0.3) is 5.69 Å². The van der Waals surface area contributed by atoms with Crippen LogP contribution in [-0.2, 0) is 9.53 Å². The largest absolute Gasteiger partial charge is 0.372 e. The van der Waals surface area contributed by atoms with Gasteiger partial charge < -0.3 is 9.64 Å². The van der Waals surface area contributed by atoms with Gasteiger partial charge in [0.1, 0.15) is 0 Å². The highest BCUT2D eigenvalue weighted by Crippen LogP contribution is 2.23. The molecular weight excluding hydrogens is 346 g/mol. The minimum absolute atomic E-state index is 0.0918. The summed E-state index contributed by atoms with van der Waals surface area (Å²) in [6.07, 6.45) is 3.90. The monoisotopic (exact) mass is 373 g/mol. The van der Waals surface area contributed by atoms with Gasteiger partial charge in [0.2, 0.25) is 5.91 Å². The van der Waals surface area contributed by atoms with E-state index in [1.807, 2.05) is 29.5 Å². The Morgan fingerprint density at radius 2 is 1.88 bits per heavy atom. The molecule has 5 nitrogen and oxygen atoms in total. The van der Waals surface area contributed by atoms with Crippen molar-refractivity contribution in [3.63, 3.8) is 0 Å². The minimum atomic E-state index is 0.0918. The first-order chi connectivity index (χ1) is 12.4. The number of carbonyl (C=O) groups excluding carboxylic acids is 1. The topological polar surface area (TPSA) is 47.4 Å². The molecule has 6 heteroatoms. The number of thioether (sulfide) groups is 1. The van der Waals surface area contributed by atoms with Gasteiger partial charge in [-0.3, -0.25) is 9.36 Å². The van der Waals surface area contributed by atoms with Gasteiger partial charge in [0.15, 0.2) is 5.16 Å². The van der Waals surface area contributed by atoms with Crippen molar-refractivity contribution in [2.75, 3.05) is 18.8 Å². The highest BCUT2D eigenvalue weighted by Gasteiger charge is 2.26. The third-order valence-electron chi connectivity index (χ3n) is 4.54. The highest BCUT2D eigenvalue weighted by molar-refractivity contribution is 7.99. The maximum Gasteiger partial charge on any atom is 0.233 e. The highest BCUT2D eigenvalue weighted by atomic mass is 32.2. The Bertz CT molecular complexity index is 732.